The first kappa shape index (κ1) is 12.8. The van der Waals surface area contributed by atoms with Crippen LogP contribution in [0.1, 0.15) is 11.1 Å². The van der Waals surface area contributed by atoms with Gasteiger partial charge in [-0.25, -0.2) is 0 Å². The van der Waals surface area contributed by atoms with E-state index in [4.69, 9.17) is 14.3 Å². The molecule has 0 amide bonds. The average molecular weight is 273 g/mol. The summed E-state index contributed by atoms with van der Waals surface area (Å²) in [5.74, 6) is 1.36. The van der Waals surface area contributed by atoms with E-state index in [1.54, 1.807) is 12.1 Å². The van der Waals surface area contributed by atoms with Gasteiger partial charge in [-0.1, -0.05) is 30.3 Å². The molecule has 20 heavy (non-hydrogen) atoms. The summed E-state index contributed by atoms with van der Waals surface area (Å²) in [5.41, 5.74) is 4.60. The molecule has 0 saturated heterocycles. The Bertz CT molecular complexity index is 586. The third-order valence-corrected chi connectivity index (χ3v) is 3.02. The van der Waals surface area contributed by atoms with Crippen molar-refractivity contribution in [2.45, 2.75) is 13.2 Å². The van der Waals surface area contributed by atoms with Gasteiger partial charge in [0.2, 0.25) is 6.79 Å². The quantitative estimate of drug-likeness (QED) is 0.647. The normalized spacial score (nSPS) is 12.6. The van der Waals surface area contributed by atoms with Crippen molar-refractivity contribution < 1.29 is 19.4 Å². The highest BCUT2D eigenvalue weighted by Crippen LogP contribution is 2.37. The third kappa shape index (κ3) is 2.84. The molecule has 0 spiro atoms. The van der Waals surface area contributed by atoms with Crippen molar-refractivity contribution in [3.63, 3.8) is 0 Å². The molecule has 0 saturated carbocycles. The zero-order valence-electron chi connectivity index (χ0n) is 10.8. The lowest BCUT2D eigenvalue weighted by atomic mass is 10.2. The van der Waals surface area contributed by atoms with Crippen LogP contribution in [0.5, 0.6) is 17.2 Å². The van der Waals surface area contributed by atoms with Crippen LogP contribution in [0.3, 0.4) is 0 Å². The Labute approximate surface area is 116 Å². The van der Waals surface area contributed by atoms with E-state index in [2.05, 4.69) is 5.48 Å². The van der Waals surface area contributed by atoms with Crippen LogP contribution in [0.2, 0.25) is 0 Å². The smallest absolute Gasteiger partial charge is 0.231 e. The van der Waals surface area contributed by atoms with E-state index in [0.717, 1.165) is 5.56 Å². The van der Waals surface area contributed by atoms with Gasteiger partial charge in [-0.3, -0.25) is 4.84 Å². The SMILES string of the molecule is Oc1cc2c(cc1CNOCc1ccccc1)OCO2. The molecule has 0 aromatic heterocycles. The largest absolute Gasteiger partial charge is 0.507 e. The van der Waals surface area contributed by atoms with Gasteiger partial charge in [0.05, 0.1) is 6.61 Å². The van der Waals surface area contributed by atoms with Crippen LogP contribution in [0.25, 0.3) is 0 Å². The Balaban J connectivity index is 1.54. The molecule has 1 aliphatic heterocycles. The summed E-state index contributed by atoms with van der Waals surface area (Å²) in [6.45, 7) is 1.04. The van der Waals surface area contributed by atoms with Crippen molar-refractivity contribution in [2.75, 3.05) is 6.79 Å². The van der Waals surface area contributed by atoms with Gasteiger partial charge in [0, 0.05) is 18.2 Å². The number of ether oxygens (including phenoxy) is 2. The molecule has 5 nitrogen and oxygen atoms in total. The Kier molecular flexibility index (Phi) is 3.71. The summed E-state index contributed by atoms with van der Waals surface area (Å²) >= 11 is 0. The zero-order chi connectivity index (χ0) is 13.8. The van der Waals surface area contributed by atoms with Crippen LogP contribution in [0.15, 0.2) is 42.5 Å². The summed E-state index contributed by atoms with van der Waals surface area (Å²) in [7, 11) is 0. The molecule has 2 aromatic rings. The predicted octanol–water partition coefficient (Wildman–Crippen LogP) is 2.34. The fourth-order valence-electron chi connectivity index (χ4n) is 1.95. The van der Waals surface area contributed by atoms with Gasteiger partial charge in [0.25, 0.3) is 0 Å². The summed E-state index contributed by atoms with van der Waals surface area (Å²) in [6.07, 6.45) is 0. The van der Waals surface area contributed by atoms with E-state index in [1.807, 2.05) is 30.3 Å². The van der Waals surface area contributed by atoms with Crippen LogP contribution in [0, 0.1) is 0 Å². The average Bonchev–Trinajstić information content (AvgIpc) is 2.91. The Morgan fingerprint density at radius 1 is 1.10 bits per heavy atom. The maximum absolute atomic E-state index is 9.86. The van der Waals surface area contributed by atoms with E-state index < -0.39 is 0 Å². The molecule has 2 N–H and O–H groups in total. The number of hydrogen-bond donors (Lipinski definition) is 2. The molecule has 104 valence electrons. The Morgan fingerprint density at radius 2 is 1.85 bits per heavy atom. The lowest BCUT2D eigenvalue weighted by Gasteiger charge is -2.08. The van der Waals surface area contributed by atoms with Crippen molar-refractivity contribution in [3.8, 4) is 17.2 Å². The van der Waals surface area contributed by atoms with Gasteiger partial charge in [-0.15, -0.1) is 0 Å². The number of aromatic hydroxyl groups is 1. The molecule has 0 unspecified atom stereocenters. The van der Waals surface area contributed by atoms with Gasteiger partial charge < -0.3 is 14.6 Å². The van der Waals surface area contributed by atoms with Gasteiger partial charge in [-0.2, -0.15) is 5.48 Å². The first-order chi connectivity index (χ1) is 9.83. The number of phenols is 1. The van der Waals surface area contributed by atoms with Crippen LogP contribution >= 0.6 is 0 Å². The lowest BCUT2D eigenvalue weighted by molar-refractivity contribution is 0.0231. The van der Waals surface area contributed by atoms with Crippen molar-refractivity contribution in [3.05, 3.63) is 53.6 Å². The fraction of sp³-hybridized carbons (Fsp3) is 0.200. The minimum atomic E-state index is 0.157. The lowest BCUT2D eigenvalue weighted by Crippen LogP contribution is -2.14. The Hall–Kier alpha value is -2.24. The molecule has 3 rings (SSSR count). The standard InChI is InChI=1S/C15H15NO4/c17-13-7-15-14(18-10-19-15)6-12(13)8-16-20-9-11-4-2-1-3-5-11/h1-7,16-17H,8-10H2. The van der Waals surface area contributed by atoms with Gasteiger partial charge in [0.1, 0.15) is 5.75 Å². The maximum atomic E-state index is 9.86. The second-order valence-electron chi connectivity index (χ2n) is 4.43. The highest BCUT2D eigenvalue weighted by atomic mass is 16.7. The first-order valence-electron chi connectivity index (χ1n) is 6.33. The van der Waals surface area contributed by atoms with E-state index in [9.17, 15) is 5.11 Å². The molecular formula is C15H15NO4. The predicted molar refractivity (Wildman–Crippen MR) is 72.3 cm³/mol. The molecule has 0 atom stereocenters. The van der Waals surface area contributed by atoms with Gasteiger partial charge in [0.15, 0.2) is 11.5 Å². The molecule has 0 radical (unpaired) electrons. The van der Waals surface area contributed by atoms with Crippen LogP contribution in [-0.4, -0.2) is 11.9 Å². The van der Waals surface area contributed by atoms with Crippen LogP contribution in [0.4, 0.5) is 0 Å². The van der Waals surface area contributed by atoms with Crippen molar-refractivity contribution in [1.82, 2.24) is 5.48 Å². The molecule has 2 aromatic carbocycles. The number of fused-ring (bicyclic) bond motifs is 1. The minimum Gasteiger partial charge on any atom is -0.507 e. The van der Waals surface area contributed by atoms with E-state index in [1.165, 1.54) is 0 Å². The van der Waals surface area contributed by atoms with E-state index >= 15 is 0 Å². The van der Waals surface area contributed by atoms with Crippen molar-refractivity contribution in [1.29, 1.82) is 0 Å². The van der Waals surface area contributed by atoms with E-state index in [0.29, 0.717) is 30.2 Å². The number of hydroxylamine groups is 1. The Morgan fingerprint density at radius 3 is 2.65 bits per heavy atom. The molecule has 1 aliphatic rings. The number of hydrogen-bond acceptors (Lipinski definition) is 5. The third-order valence-electron chi connectivity index (χ3n) is 3.02. The molecule has 0 fully saturated rings. The summed E-state index contributed by atoms with van der Waals surface area (Å²) in [6, 6.07) is 13.2. The zero-order valence-corrected chi connectivity index (χ0v) is 10.8. The van der Waals surface area contributed by atoms with Crippen molar-refractivity contribution >= 4 is 0 Å². The van der Waals surface area contributed by atoms with Crippen LogP contribution < -0.4 is 15.0 Å². The number of benzene rings is 2. The molecule has 0 aliphatic carbocycles. The summed E-state index contributed by atoms with van der Waals surface area (Å²) in [4.78, 5) is 5.36. The first-order valence-corrected chi connectivity index (χ1v) is 6.33. The molecular weight excluding hydrogens is 258 g/mol. The molecule has 5 heteroatoms. The highest BCUT2D eigenvalue weighted by molar-refractivity contribution is 5.51. The molecule has 0 bridgehead atoms. The van der Waals surface area contributed by atoms with Crippen molar-refractivity contribution in [2.24, 2.45) is 0 Å². The number of nitrogens with one attached hydrogen (secondary N) is 1. The number of phenolic OH excluding ortho intramolecular Hbond substituents is 1. The molecule has 1 heterocycles. The fourth-order valence-corrected chi connectivity index (χ4v) is 1.95. The summed E-state index contributed by atoms with van der Waals surface area (Å²) < 4.78 is 10.5. The maximum Gasteiger partial charge on any atom is 0.231 e. The van der Waals surface area contributed by atoms with Gasteiger partial charge >= 0.3 is 0 Å². The minimum absolute atomic E-state index is 0.157. The monoisotopic (exact) mass is 273 g/mol. The van der Waals surface area contributed by atoms with E-state index in [-0.39, 0.29) is 12.5 Å². The van der Waals surface area contributed by atoms with Crippen LogP contribution in [-0.2, 0) is 18.0 Å². The summed E-state index contributed by atoms with van der Waals surface area (Å²) in [5, 5.41) is 9.86. The number of rotatable bonds is 5. The highest BCUT2D eigenvalue weighted by Gasteiger charge is 2.16. The second kappa shape index (κ2) is 5.81. The second-order valence-corrected chi connectivity index (χ2v) is 4.43. The topological polar surface area (TPSA) is 60.0 Å². The van der Waals surface area contributed by atoms with Gasteiger partial charge in [-0.05, 0) is 11.6 Å².